The van der Waals surface area contributed by atoms with Crippen LogP contribution in [0.3, 0.4) is 0 Å². The summed E-state index contributed by atoms with van der Waals surface area (Å²) in [6.07, 6.45) is 6.19. The number of amides is 3. The Labute approximate surface area is 381 Å². The maximum atomic E-state index is 14.1. The first-order valence-electron chi connectivity index (χ1n) is 22.3. The number of alkyl carbamates (subject to hydrolysis) is 1. The number of carbonyl (C=O) groups excluding carboxylic acids is 3. The SMILES string of the molecule is COCCOc1cc(-c2cnc(C3CCCN3C(=O)C(NC(=O)OC)C(C)C)[nH]2)ccc1-c1ccc(-c2cnc(C3CCCN3C(=O)C(c3ccccc3)N(C)C)[nH]2)cc1OCCOC. The van der Waals surface area contributed by atoms with Gasteiger partial charge in [0, 0.05) is 49.6 Å². The molecule has 2 aliphatic heterocycles. The Hall–Kier alpha value is -6.23. The summed E-state index contributed by atoms with van der Waals surface area (Å²) in [6, 6.07) is 20.3. The fourth-order valence-electron chi connectivity index (χ4n) is 8.80. The molecule has 16 nitrogen and oxygen atoms in total. The highest BCUT2D eigenvalue weighted by Crippen LogP contribution is 2.42. The first-order chi connectivity index (χ1) is 31.5. The molecule has 16 heteroatoms. The number of ether oxygens (including phenoxy) is 5. The molecule has 5 aromatic rings. The predicted molar refractivity (Wildman–Crippen MR) is 246 cm³/mol. The molecule has 4 unspecified atom stereocenters. The van der Waals surface area contributed by atoms with E-state index >= 15 is 0 Å². The third kappa shape index (κ3) is 10.7. The molecule has 2 fully saturated rings. The van der Waals surface area contributed by atoms with Crippen LogP contribution in [0.4, 0.5) is 4.79 Å². The number of methoxy groups -OCH3 is 3. The number of likely N-dealkylation sites (N-methyl/N-ethyl adjacent to an activating group) is 1. The van der Waals surface area contributed by atoms with Gasteiger partial charge in [0.2, 0.25) is 11.8 Å². The van der Waals surface area contributed by atoms with E-state index in [0.717, 1.165) is 70.7 Å². The van der Waals surface area contributed by atoms with Crippen LogP contribution in [0.1, 0.15) is 74.9 Å². The van der Waals surface area contributed by atoms with E-state index in [1.165, 1.54) is 7.11 Å². The summed E-state index contributed by atoms with van der Waals surface area (Å²) < 4.78 is 28.3. The van der Waals surface area contributed by atoms with Crippen molar-refractivity contribution in [1.29, 1.82) is 0 Å². The van der Waals surface area contributed by atoms with Gasteiger partial charge in [0.1, 0.15) is 48.4 Å². The van der Waals surface area contributed by atoms with E-state index in [1.807, 2.05) is 111 Å². The number of benzene rings is 3. The zero-order chi connectivity index (χ0) is 46.0. The van der Waals surface area contributed by atoms with E-state index in [2.05, 4.69) is 15.3 Å². The van der Waals surface area contributed by atoms with Gasteiger partial charge in [-0.15, -0.1) is 0 Å². The summed E-state index contributed by atoms with van der Waals surface area (Å²) in [5.41, 5.74) is 5.86. The van der Waals surface area contributed by atoms with E-state index in [4.69, 9.17) is 33.7 Å². The number of carbonyl (C=O) groups is 3. The zero-order valence-corrected chi connectivity index (χ0v) is 38.5. The number of imidazole rings is 2. The normalized spacial score (nSPS) is 17.1. The van der Waals surface area contributed by atoms with Crippen LogP contribution in [0.15, 0.2) is 79.1 Å². The van der Waals surface area contributed by atoms with Crippen molar-refractivity contribution in [3.8, 4) is 45.1 Å². The molecule has 346 valence electrons. The van der Waals surface area contributed by atoms with Crippen molar-refractivity contribution in [2.24, 2.45) is 5.92 Å². The quantitative estimate of drug-likeness (QED) is 0.0716. The van der Waals surface area contributed by atoms with E-state index in [1.54, 1.807) is 25.3 Å². The molecule has 0 radical (unpaired) electrons. The topological polar surface area (TPSA) is 176 Å². The number of nitrogens with one attached hydrogen (secondary N) is 3. The Morgan fingerprint density at radius 3 is 1.69 bits per heavy atom. The maximum absolute atomic E-state index is 14.1. The third-order valence-corrected chi connectivity index (χ3v) is 12.1. The molecular formula is C49H62N8O8. The largest absolute Gasteiger partial charge is 0.491 e. The molecule has 2 saturated heterocycles. The number of aromatic nitrogens is 4. The third-order valence-electron chi connectivity index (χ3n) is 12.1. The lowest BCUT2D eigenvalue weighted by molar-refractivity contribution is -0.137. The summed E-state index contributed by atoms with van der Waals surface area (Å²) in [7, 11) is 8.43. The Balaban J connectivity index is 1.16. The Morgan fingerprint density at radius 2 is 1.23 bits per heavy atom. The van der Waals surface area contributed by atoms with Gasteiger partial charge in [0.05, 0.1) is 56.2 Å². The second-order valence-corrected chi connectivity index (χ2v) is 17.0. The Bertz CT molecular complexity index is 2380. The van der Waals surface area contributed by atoms with Gasteiger partial charge in [-0.05, 0) is 75.5 Å². The van der Waals surface area contributed by atoms with E-state index in [9.17, 15) is 14.4 Å². The summed E-state index contributed by atoms with van der Waals surface area (Å²) in [5, 5.41) is 2.71. The Morgan fingerprint density at radius 1 is 0.723 bits per heavy atom. The molecule has 0 bridgehead atoms. The van der Waals surface area contributed by atoms with Gasteiger partial charge in [-0.2, -0.15) is 0 Å². The van der Waals surface area contributed by atoms with Gasteiger partial charge in [-0.25, -0.2) is 14.8 Å². The van der Waals surface area contributed by atoms with Gasteiger partial charge in [-0.1, -0.05) is 56.3 Å². The average molecular weight is 891 g/mol. The summed E-state index contributed by atoms with van der Waals surface area (Å²) in [5.74, 6) is 2.41. The molecule has 2 aliphatic rings. The molecule has 4 heterocycles. The van der Waals surface area contributed by atoms with Crippen molar-refractivity contribution in [2.45, 2.75) is 63.7 Å². The summed E-state index contributed by atoms with van der Waals surface area (Å²) in [6.45, 7) is 6.42. The van der Waals surface area contributed by atoms with Crippen LogP contribution in [0.2, 0.25) is 0 Å². The number of aromatic amines is 2. The minimum Gasteiger partial charge on any atom is -0.491 e. The number of hydrogen-bond acceptors (Lipinski definition) is 11. The van der Waals surface area contributed by atoms with Gasteiger partial charge in [0.25, 0.3) is 0 Å². The molecule has 0 saturated carbocycles. The smallest absolute Gasteiger partial charge is 0.407 e. The van der Waals surface area contributed by atoms with Crippen LogP contribution in [0.25, 0.3) is 33.6 Å². The zero-order valence-electron chi connectivity index (χ0n) is 38.5. The number of H-pyrrole nitrogens is 2. The monoisotopic (exact) mass is 890 g/mol. The molecule has 2 aromatic heterocycles. The fraction of sp³-hybridized carbons (Fsp3) is 0.449. The van der Waals surface area contributed by atoms with Crippen LogP contribution in [0.5, 0.6) is 11.5 Å². The minimum atomic E-state index is -0.729. The highest BCUT2D eigenvalue weighted by Gasteiger charge is 2.39. The molecule has 7 rings (SSSR count). The molecule has 3 aromatic carbocycles. The van der Waals surface area contributed by atoms with Crippen LogP contribution >= 0.6 is 0 Å². The second kappa shape index (κ2) is 21.6. The van der Waals surface area contributed by atoms with Crippen molar-refractivity contribution in [2.75, 3.05) is 74.9 Å². The van der Waals surface area contributed by atoms with E-state index in [-0.39, 0.29) is 29.8 Å². The molecular weight excluding hydrogens is 829 g/mol. The molecule has 3 amide bonds. The molecule has 65 heavy (non-hydrogen) atoms. The molecule has 0 spiro atoms. The van der Waals surface area contributed by atoms with Gasteiger partial charge >= 0.3 is 6.09 Å². The van der Waals surface area contributed by atoms with Crippen molar-refractivity contribution in [3.63, 3.8) is 0 Å². The van der Waals surface area contributed by atoms with Crippen molar-refractivity contribution >= 4 is 17.9 Å². The lowest BCUT2D eigenvalue weighted by atomic mass is 9.98. The number of likely N-dealkylation sites (tertiary alicyclic amines) is 2. The summed E-state index contributed by atoms with van der Waals surface area (Å²) >= 11 is 0. The number of rotatable bonds is 19. The lowest BCUT2D eigenvalue weighted by Crippen LogP contribution is -2.51. The standard InChI is InChI=1S/C49H62N8O8/c1-31(2)43(54-49(60)63-7)47(58)56-21-11-15-39(56)45-50-29-37(52-45)33-17-19-35(41(27-33)64-25-23-61-5)36-20-18-34(28-42(36)65-26-24-62-6)38-30-51-46(53-38)40-16-12-22-57(40)48(59)44(55(3)4)32-13-9-8-10-14-32/h8-10,13-14,17-20,27-31,39-40,43-44H,11-12,15-16,21-26H2,1-7H3,(H,50,52)(H,51,53)(H,54,60). The van der Waals surface area contributed by atoms with Crippen molar-refractivity contribution in [3.05, 3.63) is 96.3 Å². The molecule has 4 atom stereocenters. The van der Waals surface area contributed by atoms with Crippen LogP contribution in [0, 0.1) is 5.92 Å². The first kappa shape index (κ1) is 46.8. The highest BCUT2D eigenvalue weighted by molar-refractivity contribution is 5.87. The van der Waals surface area contributed by atoms with Crippen LogP contribution in [-0.2, 0) is 23.8 Å². The van der Waals surface area contributed by atoms with E-state index < -0.39 is 18.2 Å². The minimum absolute atomic E-state index is 0.0564. The molecule has 0 aliphatic carbocycles. The predicted octanol–water partition coefficient (Wildman–Crippen LogP) is 7.19. The van der Waals surface area contributed by atoms with Crippen LogP contribution in [-0.4, -0.2) is 134 Å². The highest BCUT2D eigenvalue weighted by atomic mass is 16.5. The van der Waals surface area contributed by atoms with Crippen LogP contribution < -0.4 is 14.8 Å². The summed E-state index contributed by atoms with van der Waals surface area (Å²) in [4.78, 5) is 62.3. The maximum Gasteiger partial charge on any atom is 0.407 e. The van der Waals surface area contributed by atoms with E-state index in [0.29, 0.717) is 56.8 Å². The second-order valence-electron chi connectivity index (χ2n) is 17.0. The first-order valence-corrected chi connectivity index (χ1v) is 22.3. The van der Waals surface area contributed by atoms with Gasteiger partial charge < -0.3 is 48.8 Å². The van der Waals surface area contributed by atoms with Crippen molar-refractivity contribution in [1.82, 2.24) is 40.0 Å². The van der Waals surface area contributed by atoms with Gasteiger partial charge in [-0.3, -0.25) is 14.5 Å². The average Bonchev–Trinajstić information content (AvgIpc) is 4.16. The lowest BCUT2D eigenvalue weighted by Gasteiger charge is -2.31. The van der Waals surface area contributed by atoms with Crippen molar-refractivity contribution < 1.29 is 38.1 Å². The Kier molecular flexibility index (Phi) is 15.6. The van der Waals surface area contributed by atoms with Gasteiger partial charge in [0.15, 0.2) is 0 Å². The number of hydrogen-bond donors (Lipinski definition) is 3. The molecule has 3 N–H and O–H groups in total. The number of nitrogens with zero attached hydrogens (tertiary/aromatic N) is 5. The fourth-order valence-corrected chi connectivity index (χ4v) is 8.80.